The summed E-state index contributed by atoms with van der Waals surface area (Å²) in [5, 5.41) is 7.17. The number of fused-ring (bicyclic) bond motifs is 1. The van der Waals surface area contributed by atoms with Crippen molar-refractivity contribution in [3.8, 4) is 11.4 Å². The highest BCUT2D eigenvalue weighted by Crippen LogP contribution is 2.31. The van der Waals surface area contributed by atoms with Crippen LogP contribution in [0.2, 0.25) is 20.1 Å². The van der Waals surface area contributed by atoms with Crippen molar-refractivity contribution in [3.05, 3.63) is 86.3 Å². The van der Waals surface area contributed by atoms with Gasteiger partial charge < -0.3 is 0 Å². The maximum atomic E-state index is 6.34. The van der Waals surface area contributed by atoms with Crippen molar-refractivity contribution in [3.63, 3.8) is 0 Å². The van der Waals surface area contributed by atoms with Crippen LogP contribution in [0.1, 0.15) is 5.56 Å². The number of hydrogen-bond acceptors (Lipinski definition) is 4. The lowest BCUT2D eigenvalue weighted by Crippen LogP contribution is -1.99. The summed E-state index contributed by atoms with van der Waals surface area (Å²) in [6.07, 6.45) is 1.60. The number of rotatable bonds is 4. The zero-order valence-corrected chi connectivity index (χ0v) is 17.7. The second-order valence-corrected chi connectivity index (χ2v) is 7.76. The van der Waals surface area contributed by atoms with Crippen molar-refractivity contribution in [1.82, 2.24) is 9.97 Å². The second-order valence-electron chi connectivity index (χ2n) is 6.07. The zero-order valence-electron chi connectivity index (χ0n) is 14.7. The van der Waals surface area contributed by atoms with E-state index in [4.69, 9.17) is 46.4 Å². The molecule has 3 aromatic carbocycles. The van der Waals surface area contributed by atoms with Crippen LogP contribution in [0.3, 0.4) is 0 Å². The molecule has 0 aliphatic rings. The molecule has 4 rings (SSSR count). The van der Waals surface area contributed by atoms with Gasteiger partial charge >= 0.3 is 0 Å². The fourth-order valence-corrected chi connectivity index (χ4v) is 3.67. The van der Waals surface area contributed by atoms with Crippen molar-refractivity contribution in [2.24, 2.45) is 5.10 Å². The number of halogens is 4. The normalized spacial score (nSPS) is 11.3. The fraction of sp³-hybridized carbons (Fsp3) is 0. The van der Waals surface area contributed by atoms with Crippen molar-refractivity contribution >= 4 is 69.3 Å². The summed E-state index contributed by atoms with van der Waals surface area (Å²) in [6, 6.07) is 18.0. The topological polar surface area (TPSA) is 50.2 Å². The molecule has 0 atom stereocenters. The van der Waals surface area contributed by atoms with E-state index < -0.39 is 0 Å². The number of nitrogens with zero attached hydrogens (tertiary/aromatic N) is 3. The smallest absolute Gasteiger partial charge is 0.163 e. The molecule has 0 unspecified atom stereocenters. The molecule has 0 saturated carbocycles. The molecule has 0 spiro atoms. The monoisotopic (exact) mass is 460 g/mol. The molecule has 144 valence electrons. The summed E-state index contributed by atoms with van der Waals surface area (Å²) >= 11 is 24.5. The maximum absolute atomic E-state index is 6.34. The molecule has 1 N–H and O–H groups in total. The van der Waals surface area contributed by atoms with E-state index in [2.05, 4.69) is 20.5 Å². The third-order valence-corrected chi connectivity index (χ3v) is 5.22. The van der Waals surface area contributed by atoms with Gasteiger partial charge in [0, 0.05) is 26.6 Å². The van der Waals surface area contributed by atoms with E-state index in [0.717, 1.165) is 16.5 Å². The average molecular weight is 462 g/mol. The lowest BCUT2D eigenvalue weighted by atomic mass is 10.2. The lowest BCUT2D eigenvalue weighted by Gasteiger charge is -2.09. The van der Waals surface area contributed by atoms with E-state index in [9.17, 15) is 0 Å². The third-order valence-electron chi connectivity index (χ3n) is 4.11. The molecule has 0 bridgehead atoms. The van der Waals surface area contributed by atoms with Crippen molar-refractivity contribution in [1.29, 1.82) is 0 Å². The Hall–Kier alpha value is -2.37. The summed E-state index contributed by atoms with van der Waals surface area (Å²) in [5.41, 5.74) is 5.13. The van der Waals surface area contributed by atoms with Crippen LogP contribution in [-0.2, 0) is 0 Å². The Kier molecular flexibility index (Phi) is 5.88. The number of hydrogen-bond donors (Lipinski definition) is 1. The van der Waals surface area contributed by atoms with Crippen LogP contribution in [0.25, 0.3) is 22.3 Å². The molecule has 0 amide bonds. The molecule has 1 heterocycles. The average Bonchev–Trinajstić information content (AvgIpc) is 2.69. The fourth-order valence-electron chi connectivity index (χ4n) is 2.72. The highest BCUT2D eigenvalue weighted by atomic mass is 35.5. The molecule has 4 aromatic rings. The van der Waals surface area contributed by atoms with E-state index in [1.807, 2.05) is 24.3 Å². The summed E-state index contributed by atoms with van der Waals surface area (Å²) in [5.74, 6) is 1.01. The zero-order chi connectivity index (χ0) is 20.4. The minimum absolute atomic E-state index is 0.465. The van der Waals surface area contributed by atoms with Gasteiger partial charge in [0.15, 0.2) is 11.6 Å². The highest BCUT2D eigenvalue weighted by molar-refractivity contribution is 6.36. The minimum Gasteiger partial charge on any atom is -0.261 e. The van der Waals surface area contributed by atoms with Crippen LogP contribution in [0, 0.1) is 0 Å². The molecule has 1 aromatic heterocycles. The van der Waals surface area contributed by atoms with Crippen LogP contribution in [0.5, 0.6) is 0 Å². The largest absolute Gasteiger partial charge is 0.261 e. The first-order chi connectivity index (χ1) is 14.0. The van der Waals surface area contributed by atoms with Gasteiger partial charge in [0.2, 0.25) is 0 Å². The van der Waals surface area contributed by atoms with Crippen LogP contribution >= 0.6 is 46.4 Å². The first-order valence-electron chi connectivity index (χ1n) is 8.47. The Morgan fingerprint density at radius 3 is 2.28 bits per heavy atom. The predicted molar refractivity (Wildman–Crippen MR) is 123 cm³/mol. The van der Waals surface area contributed by atoms with Crippen molar-refractivity contribution in [2.45, 2.75) is 0 Å². The SMILES string of the molecule is Clc1ccc(/C=N\Nc2nc(-c3ccc(Cl)cc3Cl)nc3ccccc23)c(Cl)c1. The van der Waals surface area contributed by atoms with Gasteiger partial charge in [-0.1, -0.05) is 64.6 Å². The quantitative estimate of drug-likeness (QED) is 0.255. The van der Waals surface area contributed by atoms with Gasteiger partial charge in [0.25, 0.3) is 0 Å². The number of hydrazone groups is 1. The van der Waals surface area contributed by atoms with E-state index in [1.165, 1.54) is 0 Å². The van der Waals surface area contributed by atoms with E-state index in [1.54, 1.807) is 42.6 Å². The number of benzene rings is 3. The Morgan fingerprint density at radius 1 is 0.793 bits per heavy atom. The van der Waals surface area contributed by atoms with Crippen LogP contribution < -0.4 is 5.43 Å². The van der Waals surface area contributed by atoms with E-state index >= 15 is 0 Å². The van der Waals surface area contributed by atoms with Gasteiger partial charge in [-0.15, -0.1) is 0 Å². The first-order valence-corrected chi connectivity index (χ1v) is 9.99. The number of aromatic nitrogens is 2. The molecule has 4 nitrogen and oxygen atoms in total. The van der Waals surface area contributed by atoms with Gasteiger partial charge in [-0.2, -0.15) is 5.10 Å². The Bertz CT molecular complexity index is 1240. The van der Waals surface area contributed by atoms with Crippen LogP contribution in [0.4, 0.5) is 5.82 Å². The Labute approximate surface area is 187 Å². The lowest BCUT2D eigenvalue weighted by molar-refractivity contribution is 1.19. The number of nitrogens with one attached hydrogen (secondary N) is 1. The van der Waals surface area contributed by atoms with E-state index in [0.29, 0.717) is 37.3 Å². The number of anilines is 1. The molecule has 0 saturated heterocycles. The molecule has 0 aliphatic carbocycles. The molecular weight excluding hydrogens is 450 g/mol. The standard InChI is InChI=1S/C21H12Cl4N4/c22-13-6-5-12(17(24)9-13)11-26-29-21-16-3-1-2-4-19(16)27-20(28-21)15-8-7-14(23)10-18(15)25/h1-11H,(H,27,28,29)/b26-11-. The second kappa shape index (κ2) is 8.56. The van der Waals surface area contributed by atoms with Crippen molar-refractivity contribution < 1.29 is 0 Å². The van der Waals surface area contributed by atoms with Gasteiger partial charge in [-0.3, -0.25) is 5.43 Å². The van der Waals surface area contributed by atoms with Gasteiger partial charge in [-0.25, -0.2) is 9.97 Å². The van der Waals surface area contributed by atoms with Crippen LogP contribution in [0.15, 0.2) is 65.8 Å². The summed E-state index contributed by atoms with van der Waals surface area (Å²) < 4.78 is 0. The molecule has 0 fully saturated rings. The minimum atomic E-state index is 0.465. The third kappa shape index (κ3) is 4.46. The molecular formula is C21H12Cl4N4. The number of para-hydroxylation sites is 1. The summed E-state index contributed by atoms with van der Waals surface area (Å²) in [7, 11) is 0. The molecule has 8 heteroatoms. The Balaban J connectivity index is 1.74. The van der Waals surface area contributed by atoms with Gasteiger partial charge in [0.1, 0.15) is 0 Å². The molecule has 29 heavy (non-hydrogen) atoms. The summed E-state index contributed by atoms with van der Waals surface area (Å²) in [6.45, 7) is 0. The van der Waals surface area contributed by atoms with Gasteiger partial charge in [0.05, 0.1) is 21.8 Å². The Morgan fingerprint density at radius 2 is 1.52 bits per heavy atom. The van der Waals surface area contributed by atoms with Crippen molar-refractivity contribution in [2.75, 3.05) is 5.43 Å². The molecule has 0 aliphatic heterocycles. The predicted octanol–water partition coefficient (Wildman–Crippen LogP) is 7.36. The summed E-state index contributed by atoms with van der Waals surface area (Å²) in [4.78, 5) is 9.23. The first kappa shape index (κ1) is 19.9. The molecule has 0 radical (unpaired) electrons. The van der Waals surface area contributed by atoms with Gasteiger partial charge in [-0.05, 0) is 42.5 Å². The highest BCUT2D eigenvalue weighted by Gasteiger charge is 2.12. The maximum Gasteiger partial charge on any atom is 0.163 e. The van der Waals surface area contributed by atoms with E-state index in [-0.39, 0.29) is 0 Å². The van der Waals surface area contributed by atoms with Crippen LogP contribution in [-0.4, -0.2) is 16.2 Å².